The summed E-state index contributed by atoms with van der Waals surface area (Å²) < 4.78 is 10.5. The number of hydrogen-bond donors (Lipinski definition) is 1. The first kappa shape index (κ1) is 16.1. The van der Waals surface area contributed by atoms with Gasteiger partial charge in [0.2, 0.25) is 5.91 Å². The number of esters is 1. The van der Waals surface area contributed by atoms with E-state index in [1.165, 1.54) is 4.90 Å². The Morgan fingerprint density at radius 3 is 2.77 bits per heavy atom. The van der Waals surface area contributed by atoms with Crippen molar-refractivity contribution in [2.45, 2.75) is 39.3 Å². The van der Waals surface area contributed by atoms with E-state index < -0.39 is 12.0 Å². The number of methoxy groups -OCH3 is 1. The molecule has 1 N–H and O–H groups in total. The molecule has 1 aliphatic rings. The van der Waals surface area contributed by atoms with Crippen molar-refractivity contribution in [3.8, 4) is 5.75 Å². The molecule has 6 heteroatoms. The molecule has 1 aliphatic heterocycles. The number of hydrogen-bond acceptors (Lipinski definition) is 5. The lowest BCUT2D eigenvalue weighted by atomic mass is 10.1. The van der Waals surface area contributed by atoms with E-state index in [-0.39, 0.29) is 18.6 Å². The largest absolute Gasteiger partial charge is 0.497 e. The third kappa shape index (κ3) is 3.16. The van der Waals surface area contributed by atoms with Crippen molar-refractivity contribution in [3.05, 3.63) is 18.2 Å². The minimum absolute atomic E-state index is 0.140. The molecule has 0 aromatic heterocycles. The van der Waals surface area contributed by atoms with E-state index in [1.807, 2.05) is 19.9 Å². The van der Waals surface area contributed by atoms with Crippen LogP contribution in [0.3, 0.4) is 0 Å². The predicted molar refractivity (Wildman–Crippen MR) is 84.3 cm³/mol. The van der Waals surface area contributed by atoms with Gasteiger partial charge in [0.05, 0.1) is 31.1 Å². The van der Waals surface area contributed by atoms with E-state index >= 15 is 0 Å². The zero-order valence-corrected chi connectivity index (χ0v) is 13.4. The van der Waals surface area contributed by atoms with Gasteiger partial charge in [0.15, 0.2) is 0 Å². The first-order valence-electron chi connectivity index (χ1n) is 7.42. The predicted octanol–water partition coefficient (Wildman–Crippen LogP) is 2.18. The third-order valence-electron chi connectivity index (χ3n) is 3.78. The molecule has 0 aliphatic carbocycles. The topological polar surface area (TPSA) is 67.9 Å². The fourth-order valence-corrected chi connectivity index (χ4v) is 2.29. The summed E-state index contributed by atoms with van der Waals surface area (Å²) in [6.45, 7) is 5.60. The Morgan fingerprint density at radius 1 is 1.41 bits per heavy atom. The number of amides is 1. The first-order chi connectivity index (χ1) is 10.5. The summed E-state index contributed by atoms with van der Waals surface area (Å²) in [4.78, 5) is 25.9. The smallest absolute Gasteiger partial charge is 0.329 e. The molecule has 0 spiro atoms. The van der Waals surface area contributed by atoms with Crippen molar-refractivity contribution in [2.75, 3.05) is 23.9 Å². The highest BCUT2D eigenvalue weighted by atomic mass is 16.5. The van der Waals surface area contributed by atoms with Gasteiger partial charge < -0.3 is 14.8 Å². The third-order valence-corrected chi connectivity index (χ3v) is 3.78. The standard InChI is InChI=1S/C16H22N2O4/c1-5-10(2)22-16(20)11(3)18-14-7-6-12(21-4)8-13(14)17-9-15(18)19/h6-8,10-11,17H,5,9H2,1-4H3. The van der Waals surface area contributed by atoms with Crippen LogP contribution < -0.4 is 15.0 Å². The Balaban J connectivity index is 2.27. The maximum Gasteiger partial charge on any atom is 0.329 e. The number of rotatable bonds is 5. The highest BCUT2D eigenvalue weighted by molar-refractivity contribution is 6.06. The molecule has 1 heterocycles. The van der Waals surface area contributed by atoms with Crippen molar-refractivity contribution >= 4 is 23.3 Å². The summed E-state index contributed by atoms with van der Waals surface area (Å²) in [5, 5.41) is 3.04. The van der Waals surface area contributed by atoms with Gasteiger partial charge in [-0.3, -0.25) is 9.69 Å². The second-order valence-electron chi connectivity index (χ2n) is 5.33. The van der Waals surface area contributed by atoms with Crippen LogP contribution in [0.5, 0.6) is 5.75 Å². The molecule has 120 valence electrons. The van der Waals surface area contributed by atoms with Gasteiger partial charge in [0, 0.05) is 6.07 Å². The molecule has 0 fully saturated rings. The van der Waals surface area contributed by atoms with Crippen molar-refractivity contribution in [1.29, 1.82) is 0 Å². The molecule has 2 unspecified atom stereocenters. The average Bonchev–Trinajstić information content (AvgIpc) is 2.53. The summed E-state index contributed by atoms with van der Waals surface area (Å²) in [5.74, 6) is 0.132. The normalized spacial score (nSPS) is 16.4. The maximum atomic E-state index is 12.2. The SMILES string of the molecule is CCC(C)OC(=O)C(C)N1C(=O)CNc2cc(OC)ccc21. The van der Waals surface area contributed by atoms with Gasteiger partial charge in [-0.2, -0.15) is 0 Å². The number of carbonyl (C=O) groups is 2. The number of fused-ring (bicyclic) bond motifs is 1. The summed E-state index contributed by atoms with van der Waals surface area (Å²) in [6, 6.07) is 4.67. The highest BCUT2D eigenvalue weighted by Gasteiger charge is 2.33. The van der Waals surface area contributed by atoms with Crippen molar-refractivity contribution in [2.24, 2.45) is 0 Å². The van der Waals surface area contributed by atoms with E-state index in [2.05, 4.69) is 5.32 Å². The van der Waals surface area contributed by atoms with E-state index in [0.29, 0.717) is 11.4 Å². The molecule has 2 atom stereocenters. The number of ether oxygens (including phenoxy) is 2. The number of anilines is 2. The van der Waals surface area contributed by atoms with Crippen molar-refractivity contribution in [3.63, 3.8) is 0 Å². The molecule has 1 aromatic carbocycles. The molecular weight excluding hydrogens is 284 g/mol. The van der Waals surface area contributed by atoms with Crippen LogP contribution in [0.15, 0.2) is 18.2 Å². The Bertz CT molecular complexity index is 573. The summed E-state index contributed by atoms with van der Waals surface area (Å²) in [6.07, 6.45) is 0.574. The highest BCUT2D eigenvalue weighted by Crippen LogP contribution is 2.34. The number of nitrogens with one attached hydrogen (secondary N) is 1. The minimum Gasteiger partial charge on any atom is -0.497 e. The average molecular weight is 306 g/mol. The maximum absolute atomic E-state index is 12.2. The Kier molecular flexibility index (Phi) is 4.90. The number of carbonyl (C=O) groups excluding carboxylic acids is 2. The molecule has 2 rings (SSSR count). The molecule has 0 saturated carbocycles. The lowest BCUT2D eigenvalue weighted by molar-refractivity contribution is -0.150. The van der Waals surface area contributed by atoms with Crippen LogP contribution in [-0.2, 0) is 14.3 Å². The molecule has 1 amide bonds. The summed E-state index contributed by atoms with van der Waals surface area (Å²) in [5.41, 5.74) is 1.42. The Labute approximate surface area is 130 Å². The van der Waals surface area contributed by atoms with E-state index in [1.54, 1.807) is 26.2 Å². The number of benzene rings is 1. The summed E-state index contributed by atoms with van der Waals surface area (Å²) >= 11 is 0. The van der Waals surface area contributed by atoms with Crippen LogP contribution in [0.2, 0.25) is 0 Å². The van der Waals surface area contributed by atoms with Gasteiger partial charge in [0.25, 0.3) is 0 Å². The van der Waals surface area contributed by atoms with Crippen LogP contribution in [-0.4, -0.2) is 37.7 Å². The summed E-state index contributed by atoms with van der Waals surface area (Å²) in [7, 11) is 1.58. The second-order valence-corrected chi connectivity index (χ2v) is 5.33. The van der Waals surface area contributed by atoms with Crippen molar-refractivity contribution in [1.82, 2.24) is 0 Å². The molecule has 0 radical (unpaired) electrons. The minimum atomic E-state index is -0.671. The molecule has 1 aromatic rings. The van der Waals surface area contributed by atoms with Gasteiger partial charge >= 0.3 is 5.97 Å². The fourth-order valence-electron chi connectivity index (χ4n) is 2.29. The van der Waals surface area contributed by atoms with Crippen LogP contribution in [0.4, 0.5) is 11.4 Å². The lowest BCUT2D eigenvalue weighted by Gasteiger charge is -2.34. The fraction of sp³-hybridized carbons (Fsp3) is 0.500. The molecule has 0 saturated heterocycles. The Morgan fingerprint density at radius 2 is 2.14 bits per heavy atom. The van der Waals surface area contributed by atoms with E-state index in [9.17, 15) is 9.59 Å². The van der Waals surface area contributed by atoms with Crippen LogP contribution in [0, 0.1) is 0 Å². The van der Waals surface area contributed by atoms with Crippen molar-refractivity contribution < 1.29 is 19.1 Å². The lowest BCUT2D eigenvalue weighted by Crippen LogP contribution is -2.49. The Hall–Kier alpha value is -2.24. The van der Waals surface area contributed by atoms with E-state index in [4.69, 9.17) is 9.47 Å². The molecule has 22 heavy (non-hydrogen) atoms. The first-order valence-corrected chi connectivity index (χ1v) is 7.42. The van der Waals surface area contributed by atoms with E-state index in [0.717, 1.165) is 12.1 Å². The number of nitrogens with zero attached hydrogens (tertiary/aromatic N) is 1. The second kappa shape index (κ2) is 6.68. The zero-order chi connectivity index (χ0) is 16.3. The van der Waals surface area contributed by atoms with Gasteiger partial charge in [-0.15, -0.1) is 0 Å². The van der Waals surface area contributed by atoms with Gasteiger partial charge in [0.1, 0.15) is 11.8 Å². The van der Waals surface area contributed by atoms with Crippen LogP contribution >= 0.6 is 0 Å². The monoisotopic (exact) mass is 306 g/mol. The molecular formula is C16H22N2O4. The van der Waals surface area contributed by atoms with Gasteiger partial charge in [-0.05, 0) is 32.4 Å². The molecule has 0 bridgehead atoms. The van der Waals surface area contributed by atoms with Crippen LogP contribution in [0.25, 0.3) is 0 Å². The zero-order valence-electron chi connectivity index (χ0n) is 13.4. The van der Waals surface area contributed by atoms with Gasteiger partial charge in [-0.25, -0.2) is 4.79 Å². The van der Waals surface area contributed by atoms with Gasteiger partial charge in [-0.1, -0.05) is 6.92 Å². The molecule has 6 nitrogen and oxygen atoms in total. The quantitative estimate of drug-likeness (QED) is 0.845. The van der Waals surface area contributed by atoms with Crippen LogP contribution in [0.1, 0.15) is 27.2 Å².